The van der Waals surface area contributed by atoms with E-state index in [1.54, 1.807) is 0 Å². The number of aromatic amines is 1. The van der Waals surface area contributed by atoms with E-state index in [1.165, 1.54) is 103 Å². The zero-order valence-electron chi connectivity index (χ0n) is 16.6. The van der Waals surface area contributed by atoms with Crippen molar-refractivity contribution < 1.29 is 4.57 Å². The number of nitrogens with zero attached hydrogens (tertiary/aromatic N) is 1. The zero-order chi connectivity index (χ0) is 17.3. The van der Waals surface area contributed by atoms with Crippen LogP contribution in [0.1, 0.15) is 123 Å². The predicted molar refractivity (Wildman–Crippen MR) is 105 cm³/mol. The van der Waals surface area contributed by atoms with Crippen molar-refractivity contribution in [3.05, 3.63) is 18.7 Å². The summed E-state index contributed by atoms with van der Waals surface area (Å²) in [6.07, 6.45) is 29.0. The molecule has 1 aromatic rings. The molecule has 1 heterocycles. The van der Waals surface area contributed by atoms with Crippen LogP contribution in [-0.2, 0) is 0 Å². The van der Waals surface area contributed by atoms with Gasteiger partial charge in [-0.15, -0.1) is 0 Å². The summed E-state index contributed by atoms with van der Waals surface area (Å²) in [5.74, 6) is 0. The number of unbranched alkanes of at least 4 members (excludes halogenated alkanes) is 12. The van der Waals surface area contributed by atoms with Gasteiger partial charge in [0, 0.05) is 0 Å². The normalized spacial score (nSPS) is 12.6. The fourth-order valence-electron chi connectivity index (χ4n) is 3.70. The van der Waals surface area contributed by atoms with E-state index in [2.05, 4.69) is 35.9 Å². The lowest BCUT2D eigenvalue weighted by Crippen LogP contribution is -2.36. The van der Waals surface area contributed by atoms with Crippen LogP contribution in [0.4, 0.5) is 0 Å². The second-order valence-corrected chi connectivity index (χ2v) is 7.53. The van der Waals surface area contributed by atoms with Gasteiger partial charge in [-0.25, -0.2) is 4.57 Å². The minimum absolute atomic E-state index is 0.703. The molecule has 0 bridgehead atoms. The maximum atomic E-state index is 3.18. The van der Waals surface area contributed by atoms with Crippen molar-refractivity contribution >= 4 is 0 Å². The van der Waals surface area contributed by atoms with Crippen LogP contribution in [0.5, 0.6) is 0 Å². The predicted octanol–water partition coefficient (Wildman–Crippen LogP) is 7.12. The first kappa shape index (κ1) is 21.3. The Bertz CT molecular complexity index is 345. The summed E-state index contributed by atoms with van der Waals surface area (Å²) in [7, 11) is 0. The summed E-state index contributed by atoms with van der Waals surface area (Å²) in [5, 5.41) is 0. The Morgan fingerprint density at radius 3 is 1.67 bits per heavy atom. The minimum atomic E-state index is 0.703. The van der Waals surface area contributed by atoms with Gasteiger partial charge < -0.3 is 0 Å². The quantitative estimate of drug-likeness (QED) is 0.231. The van der Waals surface area contributed by atoms with E-state index in [1.807, 2.05) is 6.20 Å². The molecule has 0 aliphatic heterocycles. The average Bonchev–Trinajstić information content (AvgIpc) is 3.12. The number of rotatable bonds is 17. The summed E-state index contributed by atoms with van der Waals surface area (Å²) in [5.41, 5.74) is 0. The van der Waals surface area contributed by atoms with Crippen LogP contribution in [-0.4, -0.2) is 4.98 Å². The Morgan fingerprint density at radius 1 is 0.667 bits per heavy atom. The van der Waals surface area contributed by atoms with Crippen LogP contribution in [0.3, 0.4) is 0 Å². The average molecular weight is 336 g/mol. The van der Waals surface area contributed by atoms with E-state index in [-0.39, 0.29) is 0 Å². The Kier molecular flexibility index (Phi) is 13.9. The van der Waals surface area contributed by atoms with Crippen LogP contribution in [0.15, 0.2) is 18.7 Å². The molecule has 2 nitrogen and oxygen atoms in total. The third kappa shape index (κ3) is 10.9. The van der Waals surface area contributed by atoms with Crippen LogP contribution in [0.25, 0.3) is 0 Å². The van der Waals surface area contributed by atoms with E-state index in [4.69, 9.17) is 0 Å². The molecule has 1 N–H and O–H groups in total. The Hall–Kier alpha value is -0.790. The van der Waals surface area contributed by atoms with Crippen molar-refractivity contribution in [2.75, 3.05) is 0 Å². The molecule has 1 unspecified atom stereocenters. The highest BCUT2D eigenvalue weighted by Crippen LogP contribution is 2.17. The largest absolute Gasteiger partial charge is 0.250 e. The second kappa shape index (κ2) is 15.7. The second-order valence-electron chi connectivity index (χ2n) is 7.53. The highest BCUT2D eigenvalue weighted by molar-refractivity contribution is 4.61. The van der Waals surface area contributed by atoms with Gasteiger partial charge in [0.15, 0.2) is 0 Å². The van der Waals surface area contributed by atoms with Crippen LogP contribution in [0.2, 0.25) is 0 Å². The molecule has 2 heteroatoms. The highest BCUT2D eigenvalue weighted by Gasteiger charge is 2.13. The summed E-state index contributed by atoms with van der Waals surface area (Å²) in [6, 6.07) is 0.703. The Labute approximate surface area is 151 Å². The monoisotopic (exact) mass is 335 g/mol. The molecule has 1 rings (SSSR count). The number of hydrogen-bond acceptors (Lipinski definition) is 0. The molecule has 0 saturated heterocycles. The number of H-pyrrole nitrogens is 1. The first-order chi connectivity index (χ1) is 11.9. The van der Waals surface area contributed by atoms with Gasteiger partial charge in [-0.05, 0) is 19.3 Å². The number of aromatic nitrogens is 2. The number of imidazole rings is 1. The molecular weight excluding hydrogens is 292 g/mol. The molecular formula is C22H43N2+. The lowest BCUT2D eigenvalue weighted by atomic mass is 10.0. The van der Waals surface area contributed by atoms with Gasteiger partial charge in [-0.3, -0.25) is 4.98 Å². The Balaban J connectivity index is 1.87. The molecule has 0 aliphatic carbocycles. The molecule has 0 spiro atoms. The van der Waals surface area contributed by atoms with Crippen molar-refractivity contribution in [3.8, 4) is 0 Å². The van der Waals surface area contributed by atoms with Crippen molar-refractivity contribution in [1.29, 1.82) is 0 Å². The molecule has 0 fully saturated rings. The summed E-state index contributed by atoms with van der Waals surface area (Å²) < 4.78 is 2.37. The first-order valence-corrected chi connectivity index (χ1v) is 10.9. The van der Waals surface area contributed by atoms with Gasteiger partial charge in [-0.2, -0.15) is 0 Å². The summed E-state index contributed by atoms with van der Waals surface area (Å²) >= 11 is 0. The van der Waals surface area contributed by atoms with Gasteiger partial charge in [0.05, 0.1) is 0 Å². The molecule has 0 amide bonds. The highest BCUT2D eigenvalue weighted by atomic mass is 15.0. The first-order valence-electron chi connectivity index (χ1n) is 10.9. The molecule has 0 aromatic carbocycles. The molecule has 24 heavy (non-hydrogen) atoms. The smallest absolute Gasteiger partial charge is 0.241 e. The van der Waals surface area contributed by atoms with Crippen LogP contribution < -0.4 is 4.57 Å². The van der Waals surface area contributed by atoms with Crippen LogP contribution >= 0.6 is 0 Å². The zero-order valence-corrected chi connectivity index (χ0v) is 16.6. The SMILES string of the molecule is CCCCCCCCCCCCCCCC(CCC)[n+]1cc[nH]c1. The van der Waals surface area contributed by atoms with Gasteiger partial charge in [0.1, 0.15) is 18.4 Å². The lowest BCUT2D eigenvalue weighted by molar-refractivity contribution is -0.723. The van der Waals surface area contributed by atoms with Crippen molar-refractivity contribution in [1.82, 2.24) is 4.98 Å². The van der Waals surface area contributed by atoms with Crippen molar-refractivity contribution in [2.45, 2.75) is 123 Å². The topological polar surface area (TPSA) is 19.7 Å². The maximum Gasteiger partial charge on any atom is 0.241 e. The molecule has 1 atom stereocenters. The van der Waals surface area contributed by atoms with Crippen molar-refractivity contribution in [2.24, 2.45) is 0 Å². The summed E-state index contributed by atoms with van der Waals surface area (Å²) in [4.78, 5) is 3.18. The van der Waals surface area contributed by atoms with Crippen LogP contribution in [0, 0.1) is 0 Å². The van der Waals surface area contributed by atoms with Gasteiger partial charge in [0.25, 0.3) is 0 Å². The number of nitrogens with one attached hydrogen (secondary N) is 1. The Morgan fingerprint density at radius 2 is 1.21 bits per heavy atom. The molecule has 1 aromatic heterocycles. The van der Waals surface area contributed by atoms with Crippen molar-refractivity contribution in [3.63, 3.8) is 0 Å². The summed E-state index contributed by atoms with van der Waals surface area (Å²) in [6.45, 7) is 4.59. The molecule has 140 valence electrons. The van der Waals surface area contributed by atoms with E-state index in [0.717, 1.165) is 0 Å². The minimum Gasteiger partial charge on any atom is -0.250 e. The van der Waals surface area contributed by atoms with E-state index in [9.17, 15) is 0 Å². The van der Waals surface area contributed by atoms with Gasteiger partial charge in [-0.1, -0.05) is 97.3 Å². The maximum absolute atomic E-state index is 3.18. The van der Waals surface area contributed by atoms with Gasteiger partial charge in [0.2, 0.25) is 6.33 Å². The van der Waals surface area contributed by atoms with E-state index >= 15 is 0 Å². The molecule has 0 aliphatic rings. The standard InChI is InChI=1S/C22H42N2/c1-3-5-6-7-8-9-10-11-12-13-14-15-16-18-22(17-4-2)24-20-19-23-21-24/h19-22H,3-18H2,1-2H3/p+1. The molecule has 0 radical (unpaired) electrons. The van der Waals surface area contributed by atoms with E-state index in [0.29, 0.717) is 6.04 Å². The third-order valence-corrected chi connectivity index (χ3v) is 5.25. The number of hydrogen-bond donors (Lipinski definition) is 1. The third-order valence-electron chi connectivity index (χ3n) is 5.25. The van der Waals surface area contributed by atoms with Gasteiger partial charge >= 0.3 is 0 Å². The fourth-order valence-corrected chi connectivity index (χ4v) is 3.70. The van der Waals surface area contributed by atoms with E-state index < -0.39 is 0 Å². The fraction of sp³-hybridized carbons (Fsp3) is 0.864. The lowest BCUT2D eigenvalue weighted by Gasteiger charge is -2.12. The molecule has 0 saturated carbocycles.